The number of benzene rings is 1. The van der Waals surface area contributed by atoms with Gasteiger partial charge in [0.2, 0.25) is 0 Å². The third-order valence-electron chi connectivity index (χ3n) is 2.86. The lowest BCUT2D eigenvalue weighted by Gasteiger charge is -2.13. The third-order valence-corrected chi connectivity index (χ3v) is 2.86. The summed E-state index contributed by atoms with van der Waals surface area (Å²) in [5.41, 5.74) is -2.51. The number of aromatic nitrogens is 2. The van der Waals surface area contributed by atoms with E-state index in [0.717, 1.165) is 0 Å². The Labute approximate surface area is 150 Å². The summed E-state index contributed by atoms with van der Waals surface area (Å²) >= 11 is 0. The molecule has 0 saturated heterocycles. The number of hydrogen-bond acceptors (Lipinski definition) is 3. The van der Waals surface area contributed by atoms with Crippen LogP contribution in [0.5, 0.6) is 0 Å². The largest absolute Gasteiger partial charge is 0.490 e. The summed E-state index contributed by atoms with van der Waals surface area (Å²) in [6.07, 6.45) is -7.44. The first-order valence-corrected chi connectivity index (χ1v) is 6.86. The molecule has 0 bridgehead atoms. The van der Waals surface area contributed by atoms with Crippen molar-refractivity contribution in [1.82, 2.24) is 15.3 Å². The van der Waals surface area contributed by atoms with E-state index in [9.17, 15) is 39.9 Å². The van der Waals surface area contributed by atoms with Crippen molar-refractivity contribution >= 4 is 11.9 Å². The minimum absolute atomic E-state index is 0.202. The Kier molecular flexibility index (Phi) is 7.07. The number of hydrogen-bond donors (Lipinski definition) is 3. The molecule has 1 heterocycles. The molecule has 0 unspecified atom stereocenters. The number of rotatable bonds is 3. The number of H-pyrrole nitrogens is 1. The zero-order valence-electron chi connectivity index (χ0n) is 13.3. The number of carbonyl (C=O) groups is 2. The van der Waals surface area contributed by atoms with E-state index >= 15 is 0 Å². The van der Waals surface area contributed by atoms with Gasteiger partial charge in [-0.05, 0) is 12.1 Å². The van der Waals surface area contributed by atoms with Crippen LogP contribution >= 0.6 is 0 Å². The molecule has 0 aliphatic heterocycles. The maximum absolute atomic E-state index is 13.6. The van der Waals surface area contributed by atoms with E-state index in [1.807, 2.05) is 0 Å². The van der Waals surface area contributed by atoms with E-state index in [4.69, 9.17) is 9.90 Å². The Balaban J connectivity index is 0.000000480. The van der Waals surface area contributed by atoms with Gasteiger partial charge in [-0.15, -0.1) is 0 Å². The molecule has 0 radical (unpaired) electrons. The minimum atomic E-state index is -5.08. The molecule has 0 spiro atoms. The fourth-order valence-electron chi connectivity index (χ4n) is 1.65. The number of carboxylic acids is 1. The number of halogens is 8. The SMILES string of the molecule is O=C(NCc1cnc[nH]1)c1c(C(F)(F)F)ccc(F)c1F.O=C(O)C(F)(F)F. The van der Waals surface area contributed by atoms with Crippen LogP contribution in [0.15, 0.2) is 24.7 Å². The Morgan fingerprint density at radius 2 is 1.68 bits per heavy atom. The summed E-state index contributed by atoms with van der Waals surface area (Å²) in [5.74, 6) is -7.50. The first-order valence-electron chi connectivity index (χ1n) is 6.86. The number of imidazole rings is 1. The van der Waals surface area contributed by atoms with Crippen LogP contribution in [-0.2, 0) is 17.5 Å². The van der Waals surface area contributed by atoms with Crippen molar-refractivity contribution in [3.05, 3.63) is 53.1 Å². The van der Waals surface area contributed by atoms with Gasteiger partial charge in [-0.25, -0.2) is 18.6 Å². The first-order chi connectivity index (χ1) is 12.7. The van der Waals surface area contributed by atoms with Gasteiger partial charge < -0.3 is 15.4 Å². The Morgan fingerprint density at radius 3 is 2.11 bits per heavy atom. The number of aromatic amines is 1. The first kappa shape index (κ1) is 22.9. The highest BCUT2D eigenvalue weighted by Gasteiger charge is 2.38. The molecule has 14 heteroatoms. The van der Waals surface area contributed by atoms with Gasteiger partial charge in [0.15, 0.2) is 11.6 Å². The van der Waals surface area contributed by atoms with Crippen LogP contribution in [-0.4, -0.2) is 33.1 Å². The number of carboxylic acid groups (broad SMARTS) is 1. The lowest BCUT2D eigenvalue weighted by Crippen LogP contribution is -2.27. The number of amides is 1. The maximum atomic E-state index is 13.6. The van der Waals surface area contributed by atoms with Crippen molar-refractivity contribution in [2.45, 2.75) is 18.9 Å². The summed E-state index contributed by atoms with van der Waals surface area (Å²) in [6, 6.07) is 0.646. The van der Waals surface area contributed by atoms with Crippen molar-refractivity contribution < 1.29 is 49.8 Å². The van der Waals surface area contributed by atoms with Gasteiger partial charge in [0.1, 0.15) is 0 Å². The van der Waals surface area contributed by atoms with Crippen molar-refractivity contribution in [2.24, 2.45) is 0 Å². The van der Waals surface area contributed by atoms with Gasteiger partial charge in [-0.1, -0.05) is 0 Å². The molecular weight excluding hydrogens is 410 g/mol. The molecule has 28 heavy (non-hydrogen) atoms. The predicted octanol–water partition coefficient (Wildman–Crippen LogP) is 3.27. The highest BCUT2D eigenvalue weighted by molar-refractivity contribution is 5.96. The van der Waals surface area contributed by atoms with Gasteiger partial charge in [0.05, 0.1) is 29.7 Å². The Morgan fingerprint density at radius 1 is 1.11 bits per heavy atom. The molecule has 2 rings (SSSR count). The Hall–Kier alpha value is -3.19. The standard InChI is InChI=1S/C12H8F5N3O.C2HF3O2/c13-8-2-1-7(12(15,16)17)9(10(8)14)11(21)19-4-6-3-18-5-20-6;3-2(4,5)1(6)7/h1-3,5H,4H2,(H,18,20)(H,19,21);(H,6,7). The average Bonchev–Trinajstić information content (AvgIpc) is 3.07. The number of nitrogens with one attached hydrogen (secondary N) is 2. The van der Waals surface area contributed by atoms with Crippen LogP contribution in [0, 0.1) is 11.6 Å². The smallest absolute Gasteiger partial charge is 0.475 e. The Bertz CT molecular complexity index is 832. The van der Waals surface area contributed by atoms with Crippen LogP contribution < -0.4 is 5.32 Å². The molecule has 0 atom stereocenters. The number of alkyl halides is 6. The fraction of sp³-hybridized carbons (Fsp3) is 0.214. The zero-order valence-corrected chi connectivity index (χ0v) is 13.3. The molecule has 0 aliphatic carbocycles. The molecule has 0 aliphatic rings. The van der Waals surface area contributed by atoms with Crippen molar-refractivity contribution in [2.75, 3.05) is 0 Å². The predicted molar refractivity (Wildman–Crippen MR) is 74.8 cm³/mol. The van der Waals surface area contributed by atoms with E-state index in [-0.39, 0.29) is 6.54 Å². The topological polar surface area (TPSA) is 95.1 Å². The maximum Gasteiger partial charge on any atom is 0.490 e. The van der Waals surface area contributed by atoms with Crippen LogP contribution in [0.3, 0.4) is 0 Å². The van der Waals surface area contributed by atoms with Gasteiger partial charge in [-0.3, -0.25) is 4.79 Å². The van der Waals surface area contributed by atoms with E-state index in [2.05, 4.69) is 15.3 Å². The second-order valence-electron chi connectivity index (χ2n) is 4.84. The minimum Gasteiger partial charge on any atom is -0.475 e. The zero-order chi connectivity index (χ0) is 21.7. The molecule has 6 nitrogen and oxygen atoms in total. The fourth-order valence-corrected chi connectivity index (χ4v) is 1.65. The molecule has 1 aromatic heterocycles. The molecule has 0 fully saturated rings. The molecular formula is C14H9F8N3O3. The number of aliphatic carboxylic acids is 1. The highest BCUT2D eigenvalue weighted by atomic mass is 19.4. The van der Waals surface area contributed by atoms with Crippen LogP contribution in [0.2, 0.25) is 0 Å². The molecule has 154 valence electrons. The molecule has 0 saturated carbocycles. The summed E-state index contributed by atoms with van der Waals surface area (Å²) < 4.78 is 96.6. The molecule has 2 aromatic rings. The summed E-state index contributed by atoms with van der Waals surface area (Å²) in [7, 11) is 0. The van der Waals surface area contributed by atoms with E-state index in [1.165, 1.54) is 12.5 Å². The highest BCUT2D eigenvalue weighted by Crippen LogP contribution is 2.33. The van der Waals surface area contributed by atoms with E-state index in [1.54, 1.807) is 0 Å². The molecule has 1 aromatic carbocycles. The summed E-state index contributed by atoms with van der Waals surface area (Å²) in [6.45, 7) is -0.202. The van der Waals surface area contributed by atoms with E-state index in [0.29, 0.717) is 17.8 Å². The van der Waals surface area contributed by atoms with Gasteiger partial charge >= 0.3 is 18.3 Å². The van der Waals surface area contributed by atoms with Crippen LogP contribution in [0.25, 0.3) is 0 Å². The quantitative estimate of drug-likeness (QED) is 0.666. The summed E-state index contributed by atoms with van der Waals surface area (Å²) in [5, 5.41) is 9.19. The van der Waals surface area contributed by atoms with Crippen LogP contribution in [0.1, 0.15) is 21.6 Å². The number of nitrogens with zero attached hydrogens (tertiary/aromatic N) is 1. The average molecular weight is 419 g/mol. The van der Waals surface area contributed by atoms with Gasteiger partial charge in [0, 0.05) is 6.20 Å². The lowest BCUT2D eigenvalue weighted by atomic mass is 10.1. The van der Waals surface area contributed by atoms with Crippen molar-refractivity contribution in [3.8, 4) is 0 Å². The van der Waals surface area contributed by atoms with Crippen molar-refractivity contribution in [1.29, 1.82) is 0 Å². The normalized spacial score (nSPS) is 11.4. The summed E-state index contributed by atoms with van der Waals surface area (Å²) in [4.78, 5) is 26.9. The molecule has 1 amide bonds. The van der Waals surface area contributed by atoms with Gasteiger partial charge in [0.25, 0.3) is 5.91 Å². The lowest BCUT2D eigenvalue weighted by molar-refractivity contribution is -0.192. The monoisotopic (exact) mass is 419 g/mol. The molecule has 3 N–H and O–H groups in total. The second-order valence-corrected chi connectivity index (χ2v) is 4.84. The van der Waals surface area contributed by atoms with E-state index < -0.39 is 47.0 Å². The van der Waals surface area contributed by atoms with Gasteiger partial charge in [-0.2, -0.15) is 26.3 Å². The third kappa shape index (κ3) is 6.21. The van der Waals surface area contributed by atoms with Crippen molar-refractivity contribution in [3.63, 3.8) is 0 Å². The van der Waals surface area contributed by atoms with Crippen LogP contribution in [0.4, 0.5) is 35.1 Å². The second kappa shape index (κ2) is 8.67. The number of carbonyl (C=O) groups excluding carboxylic acids is 1.